The first kappa shape index (κ1) is 15.7. The molecule has 0 fully saturated rings. The van der Waals surface area contributed by atoms with E-state index >= 15 is 0 Å². The summed E-state index contributed by atoms with van der Waals surface area (Å²) >= 11 is 3.44. The van der Waals surface area contributed by atoms with Gasteiger partial charge < -0.3 is 5.32 Å². The van der Waals surface area contributed by atoms with E-state index < -0.39 is 0 Å². The highest BCUT2D eigenvalue weighted by molar-refractivity contribution is 7.14. The van der Waals surface area contributed by atoms with E-state index in [1.807, 2.05) is 17.4 Å². The quantitative estimate of drug-likeness (QED) is 0.926. The lowest BCUT2D eigenvalue weighted by molar-refractivity contribution is 0.0936. The zero-order chi connectivity index (χ0) is 15.7. The first-order chi connectivity index (χ1) is 10.5. The Morgan fingerprint density at radius 2 is 2.27 bits per heavy atom. The van der Waals surface area contributed by atoms with E-state index in [9.17, 15) is 4.79 Å². The molecule has 0 saturated heterocycles. The molecule has 0 spiro atoms. The van der Waals surface area contributed by atoms with Crippen molar-refractivity contribution in [3.05, 3.63) is 43.3 Å². The van der Waals surface area contributed by atoms with Crippen LogP contribution in [0.3, 0.4) is 0 Å². The molecule has 0 aromatic carbocycles. The van der Waals surface area contributed by atoms with Crippen molar-refractivity contribution in [2.75, 3.05) is 13.1 Å². The van der Waals surface area contributed by atoms with Gasteiger partial charge in [0, 0.05) is 35.4 Å². The molecule has 5 heteroatoms. The lowest BCUT2D eigenvalue weighted by Crippen LogP contribution is -2.44. The minimum Gasteiger partial charge on any atom is -0.350 e. The third-order valence-electron chi connectivity index (χ3n) is 4.41. The topological polar surface area (TPSA) is 32.3 Å². The Balaban J connectivity index is 1.54. The van der Waals surface area contributed by atoms with Crippen molar-refractivity contribution in [1.29, 1.82) is 0 Å². The Morgan fingerprint density at radius 1 is 1.45 bits per heavy atom. The molecule has 0 bridgehead atoms. The fraction of sp³-hybridized carbons (Fsp3) is 0.471. The van der Waals surface area contributed by atoms with Crippen molar-refractivity contribution < 1.29 is 4.79 Å². The van der Waals surface area contributed by atoms with Gasteiger partial charge in [-0.2, -0.15) is 0 Å². The van der Waals surface area contributed by atoms with Crippen LogP contribution in [-0.2, 0) is 13.0 Å². The van der Waals surface area contributed by atoms with Crippen LogP contribution in [0.25, 0.3) is 0 Å². The molecule has 1 N–H and O–H groups in total. The van der Waals surface area contributed by atoms with Crippen molar-refractivity contribution in [2.45, 2.75) is 39.8 Å². The molecule has 3 heterocycles. The number of amides is 1. The maximum absolute atomic E-state index is 12.2. The number of carbonyl (C=O) groups is 1. The predicted molar refractivity (Wildman–Crippen MR) is 94.0 cm³/mol. The highest BCUT2D eigenvalue weighted by atomic mass is 32.1. The molecule has 1 amide bonds. The standard InChI is InChI=1S/C17H22N2OS2/c1-11-8-16(22-13(11)3)17(20)18-9-12(2)19-6-4-15-14(10-19)5-7-21-15/h5,7-8,12H,4,6,9-10H2,1-3H3,(H,18,20). The Morgan fingerprint density at radius 3 is 3.00 bits per heavy atom. The van der Waals surface area contributed by atoms with Gasteiger partial charge in [0.05, 0.1) is 4.88 Å². The lowest BCUT2D eigenvalue weighted by Gasteiger charge is -2.32. The summed E-state index contributed by atoms with van der Waals surface area (Å²) in [6, 6.07) is 4.58. The Bertz CT molecular complexity index is 655. The van der Waals surface area contributed by atoms with Crippen molar-refractivity contribution in [1.82, 2.24) is 10.2 Å². The van der Waals surface area contributed by atoms with E-state index in [4.69, 9.17) is 0 Å². The predicted octanol–water partition coefficient (Wildman–Crippen LogP) is 3.60. The van der Waals surface area contributed by atoms with Gasteiger partial charge in [-0.25, -0.2) is 0 Å². The summed E-state index contributed by atoms with van der Waals surface area (Å²) in [5.74, 6) is 0.0567. The molecule has 0 aliphatic carbocycles. The molecular formula is C17H22N2OS2. The maximum atomic E-state index is 12.2. The minimum absolute atomic E-state index is 0.0567. The molecule has 1 atom stereocenters. The second kappa shape index (κ2) is 6.52. The Hall–Kier alpha value is -1.17. The molecule has 1 aliphatic rings. The van der Waals surface area contributed by atoms with E-state index in [1.54, 1.807) is 11.3 Å². The van der Waals surface area contributed by atoms with Crippen molar-refractivity contribution in [3.8, 4) is 0 Å². The molecule has 2 aromatic rings. The number of rotatable bonds is 4. The Labute approximate surface area is 140 Å². The molecular weight excluding hydrogens is 312 g/mol. The number of carbonyl (C=O) groups excluding carboxylic acids is 1. The fourth-order valence-electron chi connectivity index (χ4n) is 2.79. The summed E-state index contributed by atoms with van der Waals surface area (Å²) in [4.78, 5) is 18.3. The monoisotopic (exact) mass is 334 g/mol. The van der Waals surface area contributed by atoms with Crippen LogP contribution in [0, 0.1) is 13.8 Å². The second-order valence-corrected chi connectivity index (χ2v) is 8.26. The van der Waals surface area contributed by atoms with Gasteiger partial charge in [0.25, 0.3) is 5.91 Å². The average Bonchev–Trinajstić information content (AvgIpc) is 3.10. The van der Waals surface area contributed by atoms with Crippen LogP contribution < -0.4 is 5.32 Å². The summed E-state index contributed by atoms with van der Waals surface area (Å²) in [7, 11) is 0. The molecule has 0 radical (unpaired) electrons. The van der Waals surface area contributed by atoms with Crippen LogP contribution in [0.4, 0.5) is 0 Å². The van der Waals surface area contributed by atoms with Crippen LogP contribution in [-0.4, -0.2) is 29.9 Å². The molecule has 3 rings (SSSR count). The maximum Gasteiger partial charge on any atom is 0.261 e. The van der Waals surface area contributed by atoms with Gasteiger partial charge in [-0.15, -0.1) is 22.7 Å². The average molecular weight is 335 g/mol. The largest absolute Gasteiger partial charge is 0.350 e. The van der Waals surface area contributed by atoms with Gasteiger partial charge in [-0.1, -0.05) is 0 Å². The summed E-state index contributed by atoms with van der Waals surface area (Å²) in [5, 5.41) is 5.27. The first-order valence-electron chi connectivity index (χ1n) is 7.69. The van der Waals surface area contributed by atoms with Gasteiger partial charge in [0.15, 0.2) is 0 Å². The zero-order valence-corrected chi connectivity index (χ0v) is 14.9. The summed E-state index contributed by atoms with van der Waals surface area (Å²) in [6.07, 6.45) is 1.13. The van der Waals surface area contributed by atoms with Crippen molar-refractivity contribution in [2.24, 2.45) is 0 Å². The van der Waals surface area contributed by atoms with Crippen LogP contribution in [0.1, 0.15) is 37.5 Å². The van der Waals surface area contributed by atoms with E-state index in [0.29, 0.717) is 12.6 Å². The smallest absolute Gasteiger partial charge is 0.261 e. The molecule has 2 aromatic heterocycles. The van der Waals surface area contributed by atoms with Crippen molar-refractivity contribution in [3.63, 3.8) is 0 Å². The summed E-state index contributed by atoms with van der Waals surface area (Å²) in [6.45, 7) is 9.11. The molecule has 0 saturated carbocycles. The molecule has 118 valence electrons. The number of fused-ring (bicyclic) bond motifs is 1. The molecule has 1 aliphatic heterocycles. The van der Waals surface area contributed by atoms with E-state index in [2.05, 4.69) is 42.4 Å². The van der Waals surface area contributed by atoms with Gasteiger partial charge >= 0.3 is 0 Å². The highest BCUT2D eigenvalue weighted by Crippen LogP contribution is 2.25. The van der Waals surface area contributed by atoms with Gasteiger partial charge in [-0.3, -0.25) is 9.69 Å². The summed E-state index contributed by atoms with van der Waals surface area (Å²) in [5.41, 5.74) is 2.66. The van der Waals surface area contributed by atoms with Gasteiger partial charge in [0.2, 0.25) is 0 Å². The number of hydrogen-bond acceptors (Lipinski definition) is 4. The number of hydrogen-bond donors (Lipinski definition) is 1. The van der Waals surface area contributed by atoms with Crippen LogP contribution >= 0.6 is 22.7 Å². The third kappa shape index (κ3) is 3.26. The number of aryl methyl sites for hydroxylation is 2. The molecule has 22 heavy (non-hydrogen) atoms. The first-order valence-corrected chi connectivity index (χ1v) is 9.38. The number of nitrogens with zero attached hydrogens (tertiary/aromatic N) is 1. The SMILES string of the molecule is Cc1cc(C(=O)NCC(C)N2CCc3sccc3C2)sc1C. The van der Waals surface area contributed by atoms with E-state index in [-0.39, 0.29) is 5.91 Å². The van der Waals surface area contributed by atoms with Crippen LogP contribution in [0.5, 0.6) is 0 Å². The number of nitrogens with one attached hydrogen (secondary N) is 1. The minimum atomic E-state index is 0.0567. The van der Waals surface area contributed by atoms with Gasteiger partial charge in [0.1, 0.15) is 0 Å². The van der Waals surface area contributed by atoms with Crippen LogP contribution in [0.15, 0.2) is 17.5 Å². The molecule has 3 nitrogen and oxygen atoms in total. The Kier molecular flexibility index (Phi) is 4.66. The summed E-state index contributed by atoms with van der Waals surface area (Å²) < 4.78 is 0. The lowest BCUT2D eigenvalue weighted by atomic mass is 10.1. The number of thiophene rings is 2. The van der Waals surface area contributed by atoms with E-state index in [1.165, 1.54) is 20.9 Å². The van der Waals surface area contributed by atoms with Gasteiger partial charge in [-0.05, 0) is 55.8 Å². The second-order valence-electron chi connectivity index (χ2n) is 6.00. The normalized spacial score (nSPS) is 16.3. The highest BCUT2D eigenvalue weighted by Gasteiger charge is 2.22. The zero-order valence-electron chi connectivity index (χ0n) is 13.3. The third-order valence-corrected chi connectivity index (χ3v) is 6.58. The van der Waals surface area contributed by atoms with E-state index in [0.717, 1.165) is 24.4 Å². The van der Waals surface area contributed by atoms with Crippen LogP contribution in [0.2, 0.25) is 0 Å². The van der Waals surface area contributed by atoms with Crippen molar-refractivity contribution >= 4 is 28.6 Å². The fourth-order valence-corrected chi connectivity index (χ4v) is 4.63. The molecule has 1 unspecified atom stereocenters.